The van der Waals surface area contributed by atoms with Crippen LogP contribution in [0.2, 0.25) is 0 Å². The monoisotopic (exact) mass is 270 g/mol. The van der Waals surface area contributed by atoms with Gasteiger partial charge in [-0.1, -0.05) is 0 Å². The average molecular weight is 270 g/mol. The van der Waals surface area contributed by atoms with Gasteiger partial charge in [0.2, 0.25) is 0 Å². The van der Waals surface area contributed by atoms with Crippen LogP contribution in [-0.4, -0.2) is 11.1 Å². The molecule has 2 rings (SSSR count). The second kappa shape index (κ2) is 4.72. The molecule has 98 valence electrons. The van der Waals surface area contributed by atoms with Gasteiger partial charge in [-0.25, -0.2) is 22.4 Å². The Bertz CT molecular complexity index is 645. The van der Waals surface area contributed by atoms with E-state index < -0.39 is 40.4 Å². The highest BCUT2D eigenvalue weighted by atomic mass is 19.1. The highest BCUT2D eigenvalue weighted by Crippen LogP contribution is 2.28. The SMILES string of the molecule is O=C(O)c1cc(F)cc(-c2c(F)cc(F)cc2F)c1. The molecular formula is C13H6F4O2. The number of halogens is 4. The minimum Gasteiger partial charge on any atom is -0.478 e. The van der Waals surface area contributed by atoms with E-state index in [1.54, 1.807) is 0 Å². The Labute approximate surface area is 104 Å². The molecule has 1 N–H and O–H groups in total. The molecule has 0 bridgehead atoms. The van der Waals surface area contributed by atoms with Crippen molar-refractivity contribution >= 4 is 5.97 Å². The van der Waals surface area contributed by atoms with Crippen molar-refractivity contribution in [3.05, 3.63) is 59.2 Å². The van der Waals surface area contributed by atoms with E-state index in [0.29, 0.717) is 18.2 Å². The fraction of sp³-hybridized carbons (Fsp3) is 0. The zero-order valence-corrected chi connectivity index (χ0v) is 9.25. The van der Waals surface area contributed by atoms with Crippen LogP contribution in [0.25, 0.3) is 11.1 Å². The van der Waals surface area contributed by atoms with Gasteiger partial charge in [0.1, 0.15) is 23.3 Å². The van der Waals surface area contributed by atoms with Gasteiger partial charge in [0.25, 0.3) is 0 Å². The average Bonchev–Trinajstić information content (AvgIpc) is 2.26. The number of benzene rings is 2. The Kier molecular flexibility index (Phi) is 3.25. The lowest BCUT2D eigenvalue weighted by molar-refractivity contribution is 0.0696. The lowest BCUT2D eigenvalue weighted by atomic mass is 10.0. The van der Waals surface area contributed by atoms with Crippen molar-refractivity contribution in [3.63, 3.8) is 0 Å². The molecule has 2 aromatic rings. The third-order valence-corrected chi connectivity index (χ3v) is 2.44. The molecule has 0 fully saturated rings. The lowest BCUT2D eigenvalue weighted by Gasteiger charge is -2.07. The van der Waals surface area contributed by atoms with Gasteiger partial charge >= 0.3 is 5.97 Å². The fourth-order valence-corrected chi connectivity index (χ4v) is 1.68. The van der Waals surface area contributed by atoms with Crippen LogP contribution in [0, 0.1) is 23.3 Å². The Morgan fingerprint density at radius 3 is 1.89 bits per heavy atom. The maximum absolute atomic E-state index is 13.5. The summed E-state index contributed by atoms with van der Waals surface area (Å²) in [5.41, 5.74) is -1.45. The quantitative estimate of drug-likeness (QED) is 0.846. The number of hydrogen-bond donors (Lipinski definition) is 1. The highest BCUT2D eigenvalue weighted by molar-refractivity contribution is 5.89. The van der Waals surface area contributed by atoms with E-state index in [-0.39, 0.29) is 5.56 Å². The van der Waals surface area contributed by atoms with Crippen LogP contribution in [0.5, 0.6) is 0 Å². The molecule has 2 nitrogen and oxygen atoms in total. The van der Waals surface area contributed by atoms with Crippen LogP contribution < -0.4 is 0 Å². The predicted molar refractivity (Wildman–Crippen MR) is 58.7 cm³/mol. The molecule has 0 atom stereocenters. The van der Waals surface area contributed by atoms with Crippen LogP contribution in [0.3, 0.4) is 0 Å². The Morgan fingerprint density at radius 1 is 0.842 bits per heavy atom. The first-order valence-electron chi connectivity index (χ1n) is 5.07. The van der Waals surface area contributed by atoms with Gasteiger partial charge in [-0.3, -0.25) is 0 Å². The molecule has 0 unspecified atom stereocenters. The van der Waals surface area contributed by atoms with E-state index in [4.69, 9.17) is 5.11 Å². The number of rotatable bonds is 2. The van der Waals surface area contributed by atoms with Crippen molar-refractivity contribution in [3.8, 4) is 11.1 Å². The van der Waals surface area contributed by atoms with Gasteiger partial charge < -0.3 is 5.11 Å². The van der Waals surface area contributed by atoms with Crippen molar-refractivity contribution in [1.29, 1.82) is 0 Å². The van der Waals surface area contributed by atoms with Gasteiger partial charge in [-0.05, 0) is 23.8 Å². The highest BCUT2D eigenvalue weighted by Gasteiger charge is 2.16. The van der Waals surface area contributed by atoms with Crippen LogP contribution in [0.4, 0.5) is 17.6 Å². The molecule has 0 aliphatic heterocycles. The van der Waals surface area contributed by atoms with Gasteiger partial charge in [-0.15, -0.1) is 0 Å². The van der Waals surface area contributed by atoms with Crippen molar-refractivity contribution < 1.29 is 27.5 Å². The van der Waals surface area contributed by atoms with Crippen molar-refractivity contribution in [1.82, 2.24) is 0 Å². The van der Waals surface area contributed by atoms with E-state index in [1.165, 1.54) is 0 Å². The summed E-state index contributed by atoms with van der Waals surface area (Å²) in [6.07, 6.45) is 0. The van der Waals surface area contributed by atoms with Gasteiger partial charge in [0.05, 0.1) is 11.1 Å². The number of carboxylic acids is 1. The summed E-state index contributed by atoms with van der Waals surface area (Å²) in [7, 11) is 0. The lowest BCUT2D eigenvalue weighted by Crippen LogP contribution is -1.99. The normalized spacial score (nSPS) is 10.5. The molecule has 0 heterocycles. The smallest absolute Gasteiger partial charge is 0.335 e. The van der Waals surface area contributed by atoms with Gasteiger partial charge in [0, 0.05) is 12.1 Å². The molecule has 0 aliphatic carbocycles. The minimum absolute atomic E-state index is 0.313. The van der Waals surface area contributed by atoms with E-state index >= 15 is 0 Å². The fourth-order valence-electron chi connectivity index (χ4n) is 1.68. The topological polar surface area (TPSA) is 37.3 Å². The standard InChI is InChI=1S/C13H6F4O2/c14-8-2-6(1-7(3-8)13(18)19)12-10(16)4-9(15)5-11(12)17/h1-5H,(H,18,19). The van der Waals surface area contributed by atoms with Crippen molar-refractivity contribution in [2.45, 2.75) is 0 Å². The molecule has 0 saturated heterocycles. The molecule has 0 aromatic heterocycles. The third kappa shape index (κ3) is 2.57. The Morgan fingerprint density at radius 2 is 1.37 bits per heavy atom. The number of carbonyl (C=O) groups is 1. The summed E-state index contributed by atoms with van der Waals surface area (Å²) in [5, 5.41) is 8.75. The van der Waals surface area contributed by atoms with Crippen LogP contribution in [0.1, 0.15) is 10.4 Å². The second-order valence-electron chi connectivity index (χ2n) is 3.78. The molecule has 0 saturated carbocycles. The van der Waals surface area contributed by atoms with Gasteiger partial charge in [-0.2, -0.15) is 0 Å². The second-order valence-corrected chi connectivity index (χ2v) is 3.78. The molecule has 6 heteroatoms. The summed E-state index contributed by atoms with van der Waals surface area (Å²) in [4.78, 5) is 10.7. The zero-order chi connectivity index (χ0) is 14.2. The maximum atomic E-state index is 13.5. The summed E-state index contributed by atoms with van der Waals surface area (Å²) < 4.78 is 53.0. The van der Waals surface area contributed by atoms with Crippen molar-refractivity contribution in [2.75, 3.05) is 0 Å². The van der Waals surface area contributed by atoms with E-state index in [2.05, 4.69) is 0 Å². The summed E-state index contributed by atoms with van der Waals surface area (Å²) in [6, 6.07) is 3.26. The molecule has 0 spiro atoms. The summed E-state index contributed by atoms with van der Waals surface area (Å²) >= 11 is 0. The van der Waals surface area contributed by atoms with Crippen LogP contribution in [0.15, 0.2) is 30.3 Å². The first-order valence-corrected chi connectivity index (χ1v) is 5.07. The largest absolute Gasteiger partial charge is 0.478 e. The Balaban J connectivity index is 2.69. The molecule has 0 aliphatic rings. The molecular weight excluding hydrogens is 264 g/mol. The Hall–Kier alpha value is -2.37. The van der Waals surface area contributed by atoms with Gasteiger partial charge in [0.15, 0.2) is 0 Å². The summed E-state index contributed by atoms with van der Waals surface area (Å²) in [5.74, 6) is -5.99. The third-order valence-electron chi connectivity index (χ3n) is 2.44. The van der Waals surface area contributed by atoms with E-state index in [0.717, 1.165) is 12.1 Å². The first kappa shape index (κ1) is 13.1. The van der Waals surface area contributed by atoms with E-state index in [9.17, 15) is 22.4 Å². The zero-order valence-electron chi connectivity index (χ0n) is 9.25. The summed E-state index contributed by atoms with van der Waals surface area (Å²) in [6.45, 7) is 0. The number of aromatic carboxylic acids is 1. The molecule has 19 heavy (non-hydrogen) atoms. The molecule has 2 aromatic carbocycles. The molecule has 0 amide bonds. The number of carboxylic acid groups (broad SMARTS) is 1. The van der Waals surface area contributed by atoms with Crippen LogP contribution in [-0.2, 0) is 0 Å². The first-order chi connectivity index (χ1) is 8.88. The maximum Gasteiger partial charge on any atom is 0.335 e. The molecule has 0 radical (unpaired) electrons. The number of hydrogen-bond acceptors (Lipinski definition) is 1. The predicted octanol–water partition coefficient (Wildman–Crippen LogP) is 3.61. The minimum atomic E-state index is -1.44. The van der Waals surface area contributed by atoms with Crippen LogP contribution >= 0.6 is 0 Å². The van der Waals surface area contributed by atoms with E-state index in [1.807, 2.05) is 0 Å². The van der Waals surface area contributed by atoms with Crippen molar-refractivity contribution in [2.24, 2.45) is 0 Å².